The number of amides is 2. The third-order valence-corrected chi connectivity index (χ3v) is 6.01. The number of thiazole rings is 1. The fourth-order valence-corrected chi connectivity index (χ4v) is 4.21. The minimum atomic E-state index is -0.423. The molecule has 2 N–H and O–H groups in total. The Morgan fingerprint density at radius 2 is 2.21 bits per heavy atom. The lowest BCUT2D eigenvalue weighted by Gasteiger charge is -2.33. The third kappa shape index (κ3) is 6.51. The first kappa shape index (κ1) is 21.2. The highest BCUT2D eigenvalue weighted by Crippen LogP contribution is 2.14. The van der Waals surface area contributed by atoms with Gasteiger partial charge in [0.05, 0.1) is 23.7 Å². The first-order chi connectivity index (χ1) is 14.1. The van der Waals surface area contributed by atoms with E-state index in [4.69, 9.17) is 0 Å². The van der Waals surface area contributed by atoms with Crippen molar-refractivity contribution in [1.29, 1.82) is 0 Å². The van der Waals surface area contributed by atoms with Crippen molar-refractivity contribution in [2.75, 3.05) is 26.2 Å². The van der Waals surface area contributed by atoms with Crippen molar-refractivity contribution in [2.45, 2.75) is 32.2 Å². The van der Waals surface area contributed by atoms with Gasteiger partial charge in [-0.3, -0.25) is 14.5 Å². The molecule has 0 saturated carbocycles. The van der Waals surface area contributed by atoms with Crippen LogP contribution >= 0.6 is 11.3 Å². The normalized spacial score (nSPS) is 17.4. The number of aromatic nitrogens is 1. The van der Waals surface area contributed by atoms with E-state index >= 15 is 0 Å². The molecule has 7 heteroatoms. The molecule has 1 aromatic heterocycles. The fraction of sp³-hybridized carbons (Fsp3) is 0.409. The summed E-state index contributed by atoms with van der Waals surface area (Å²) < 4.78 is 0. The summed E-state index contributed by atoms with van der Waals surface area (Å²) >= 11 is 1.65. The number of aryl methyl sites for hydroxylation is 2. The van der Waals surface area contributed by atoms with Crippen molar-refractivity contribution in [3.05, 3.63) is 58.1 Å². The zero-order valence-corrected chi connectivity index (χ0v) is 17.6. The standard InChI is InChI=1S/C22H28N4O2S/c1-17-20(29-16-25-17)10-5-11-23-21(27)15-19-22(28)24-12-14-26(19)13-6-9-18-7-3-2-4-8-18/h2-4,6-9,16,19H,5,10-15H2,1H3,(H,23,27)(H,24,28)/b9-6+. The summed E-state index contributed by atoms with van der Waals surface area (Å²) in [5.74, 6) is -0.148. The zero-order chi connectivity index (χ0) is 20.5. The van der Waals surface area contributed by atoms with E-state index in [0.29, 0.717) is 19.6 Å². The van der Waals surface area contributed by atoms with Crippen LogP contribution in [0, 0.1) is 6.92 Å². The molecule has 154 valence electrons. The highest BCUT2D eigenvalue weighted by atomic mass is 32.1. The van der Waals surface area contributed by atoms with E-state index in [2.05, 4.69) is 26.6 Å². The molecule has 0 spiro atoms. The summed E-state index contributed by atoms with van der Waals surface area (Å²) in [6, 6.07) is 9.64. The molecule has 6 nitrogen and oxygen atoms in total. The third-order valence-electron chi connectivity index (χ3n) is 5.02. The Balaban J connectivity index is 1.45. The minimum Gasteiger partial charge on any atom is -0.356 e. The van der Waals surface area contributed by atoms with Crippen LogP contribution in [0.15, 0.2) is 41.9 Å². The number of hydrogen-bond acceptors (Lipinski definition) is 5. The van der Waals surface area contributed by atoms with Gasteiger partial charge in [-0.15, -0.1) is 11.3 Å². The molecule has 0 aliphatic carbocycles. The molecule has 1 saturated heterocycles. The second-order valence-electron chi connectivity index (χ2n) is 7.13. The average Bonchev–Trinajstić information content (AvgIpc) is 3.13. The van der Waals surface area contributed by atoms with Crippen LogP contribution in [-0.4, -0.2) is 53.9 Å². The van der Waals surface area contributed by atoms with Gasteiger partial charge in [0.25, 0.3) is 0 Å². The number of piperazine rings is 1. The van der Waals surface area contributed by atoms with Gasteiger partial charge in [-0.25, -0.2) is 4.98 Å². The van der Waals surface area contributed by atoms with Crippen molar-refractivity contribution < 1.29 is 9.59 Å². The number of carbonyl (C=O) groups is 2. The van der Waals surface area contributed by atoms with Crippen LogP contribution < -0.4 is 10.6 Å². The monoisotopic (exact) mass is 412 g/mol. The van der Waals surface area contributed by atoms with Gasteiger partial charge in [0.15, 0.2) is 0 Å². The summed E-state index contributed by atoms with van der Waals surface area (Å²) in [6.45, 7) is 4.62. The molecule has 1 fully saturated rings. The molecule has 1 aliphatic heterocycles. The Morgan fingerprint density at radius 1 is 1.38 bits per heavy atom. The molecule has 0 bridgehead atoms. The number of nitrogens with zero attached hydrogens (tertiary/aromatic N) is 2. The van der Waals surface area contributed by atoms with Crippen LogP contribution in [0.25, 0.3) is 6.08 Å². The van der Waals surface area contributed by atoms with E-state index in [0.717, 1.165) is 30.6 Å². The first-order valence-corrected chi connectivity index (χ1v) is 10.9. The van der Waals surface area contributed by atoms with Crippen molar-refractivity contribution in [2.24, 2.45) is 0 Å². The lowest BCUT2D eigenvalue weighted by atomic mass is 10.1. The maximum atomic E-state index is 12.4. The van der Waals surface area contributed by atoms with Gasteiger partial charge in [-0.05, 0) is 25.3 Å². The average molecular weight is 413 g/mol. The van der Waals surface area contributed by atoms with Crippen LogP contribution in [0.5, 0.6) is 0 Å². The molecule has 29 heavy (non-hydrogen) atoms. The van der Waals surface area contributed by atoms with E-state index in [1.165, 1.54) is 4.88 Å². The second-order valence-corrected chi connectivity index (χ2v) is 8.07. The zero-order valence-electron chi connectivity index (χ0n) is 16.8. The number of benzene rings is 1. The SMILES string of the molecule is Cc1ncsc1CCCNC(=O)CC1C(=O)NCCN1C/C=C/c1ccccc1. The fourth-order valence-electron chi connectivity index (χ4n) is 3.38. The quantitative estimate of drug-likeness (QED) is 0.621. The maximum Gasteiger partial charge on any atom is 0.237 e. The van der Waals surface area contributed by atoms with E-state index in [-0.39, 0.29) is 18.2 Å². The highest BCUT2D eigenvalue weighted by Gasteiger charge is 2.30. The predicted molar refractivity (Wildman–Crippen MR) is 117 cm³/mol. The summed E-state index contributed by atoms with van der Waals surface area (Å²) in [5, 5.41) is 5.83. The molecule has 3 rings (SSSR count). The Labute approximate surface area is 176 Å². The van der Waals surface area contributed by atoms with E-state index in [1.807, 2.05) is 48.8 Å². The van der Waals surface area contributed by atoms with Crippen LogP contribution in [0.4, 0.5) is 0 Å². The summed E-state index contributed by atoms with van der Waals surface area (Å²) in [5.41, 5.74) is 4.05. The lowest BCUT2D eigenvalue weighted by Crippen LogP contribution is -2.56. The van der Waals surface area contributed by atoms with E-state index in [1.54, 1.807) is 11.3 Å². The van der Waals surface area contributed by atoms with Crippen LogP contribution in [-0.2, 0) is 16.0 Å². The second kappa shape index (κ2) is 10.9. The minimum absolute atomic E-state index is 0.0696. The molecule has 1 unspecified atom stereocenters. The molecule has 1 aromatic carbocycles. The summed E-state index contributed by atoms with van der Waals surface area (Å²) in [4.78, 5) is 32.3. The van der Waals surface area contributed by atoms with Gasteiger partial charge in [-0.1, -0.05) is 42.5 Å². The lowest BCUT2D eigenvalue weighted by molar-refractivity contribution is -0.133. The Kier molecular flexibility index (Phi) is 7.95. The Morgan fingerprint density at radius 3 is 2.97 bits per heavy atom. The molecular formula is C22H28N4O2S. The predicted octanol–water partition coefficient (Wildman–Crippen LogP) is 2.40. The first-order valence-electron chi connectivity index (χ1n) is 10.0. The van der Waals surface area contributed by atoms with Crippen molar-refractivity contribution in [3.8, 4) is 0 Å². The largest absolute Gasteiger partial charge is 0.356 e. The number of carbonyl (C=O) groups excluding carboxylic acids is 2. The molecule has 2 heterocycles. The Hall–Kier alpha value is -2.51. The molecule has 2 aromatic rings. The van der Waals surface area contributed by atoms with Gasteiger partial charge in [-0.2, -0.15) is 0 Å². The van der Waals surface area contributed by atoms with Crippen molar-refractivity contribution >= 4 is 29.2 Å². The highest BCUT2D eigenvalue weighted by molar-refractivity contribution is 7.09. The van der Waals surface area contributed by atoms with E-state index < -0.39 is 6.04 Å². The van der Waals surface area contributed by atoms with Crippen molar-refractivity contribution in [3.63, 3.8) is 0 Å². The number of rotatable bonds is 9. The van der Waals surface area contributed by atoms with Crippen LogP contribution in [0.1, 0.15) is 29.0 Å². The van der Waals surface area contributed by atoms with Gasteiger partial charge < -0.3 is 10.6 Å². The smallest absolute Gasteiger partial charge is 0.237 e. The molecule has 1 atom stereocenters. The van der Waals surface area contributed by atoms with Crippen LogP contribution in [0.3, 0.4) is 0 Å². The molecule has 0 radical (unpaired) electrons. The van der Waals surface area contributed by atoms with E-state index in [9.17, 15) is 9.59 Å². The summed E-state index contributed by atoms with van der Waals surface area (Å²) in [6.07, 6.45) is 6.07. The van der Waals surface area contributed by atoms with Gasteiger partial charge in [0.2, 0.25) is 11.8 Å². The van der Waals surface area contributed by atoms with Crippen molar-refractivity contribution in [1.82, 2.24) is 20.5 Å². The van der Waals surface area contributed by atoms with Gasteiger partial charge >= 0.3 is 0 Å². The number of nitrogens with one attached hydrogen (secondary N) is 2. The van der Waals surface area contributed by atoms with Crippen LogP contribution in [0.2, 0.25) is 0 Å². The van der Waals surface area contributed by atoms with Gasteiger partial charge in [0, 0.05) is 31.1 Å². The summed E-state index contributed by atoms with van der Waals surface area (Å²) in [7, 11) is 0. The van der Waals surface area contributed by atoms with Gasteiger partial charge in [0.1, 0.15) is 0 Å². The Bertz CT molecular complexity index is 834. The molecule has 2 amide bonds. The molecular weight excluding hydrogens is 384 g/mol. The number of hydrogen-bond donors (Lipinski definition) is 2. The molecule has 1 aliphatic rings. The maximum absolute atomic E-state index is 12.4. The topological polar surface area (TPSA) is 74.3 Å².